The lowest BCUT2D eigenvalue weighted by Gasteiger charge is -2.36. The largest absolute Gasteiger partial charge is 0.394 e. The van der Waals surface area contributed by atoms with E-state index in [9.17, 15) is 10.2 Å². The maximum absolute atomic E-state index is 9.64. The number of benzene rings is 2. The zero-order valence-electron chi connectivity index (χ0n) is 12.7. The number of nitrogens with zero attached hydrogens (tertiary/aromatic N) is 1. The van der Waals surface area contributed by atoms with Crippen molar-refractivity contribution in [1.82, 2.24) is 4.90 Å². The smallest absolute Gasteiger partial charge is 0.0708 e. The SMILES string of the molecule is CN(C)C(CO)(CO)Cc1ccc(-c2ccccc2)cc1. The number of likely N-dealkylation sites (N-methyl/N-ethyl adjacent to an activating group) is 1. The van der Waals surface area contributed by atoms with Gasteiger partial charge in [-0.05, 0) is 37.2 Å². The molecule has 2 aromatic rings. The molecule has 2 aromatic carbocycles. The molecular weight excluding hydrogens is 262 g/mol. The highest BCUT2D eigenvalue weighted by Gasteiger charge is 2.31. The highest BCUT2D eigenvalue weighted by molar-refractivity contribution is 5.63. The summed E-state index contributed by atoms with van der Waals surface area (Å²) in [4.78, 5) is 1.89. The fourth-order valence-corrected chi connectivity index (χ4v) is 2.43. The minimum Gasteiger partial charge on any atom is -0.394 e. The van der Waals surface area contributed by atoms with E-state index in [2.05, 4.69) is 36.4 Å². The van der Waals surface area contributed by atoms with E-state index < -0.39 is 5.54 Å². The van der Waals surface area contributed by atoms with E-state index in [0.29, 0.717) is 6.42 Å². The molecule has 0 heterocycles. The number of aliphatic hydroxyl groups is 2. The van der Waals surface area contributed by atoms with Crippen LogP contribution in [0.25, 0.3) is 11.1 Å². The average Bonchev–Trinajstić information content (AvgIpc) is 2.54. The molecule has 0 aliphatic carbocycles. The summed E-state index contributed by atoms with van der Waals surface area (Å²) >= 11 is 0. The van der Waals surface area contributed by atoms with Gasteiger partial charge in [0.1, 0.15) is 0 Å². The van der Waals surface area contributed by atoms with Gasteiger partial charge in [0.05, 0.1) is 18.8 Å². The Bertz CT molecular complexity index is 545. The van der Waals surface area contributed by atoms with Gasteiger partial charge in [0.25, 0.3) is 0 Å². The number of hydrogen-bond acceptors (Lipinski definition) is 3. The van der Waals surface area contributed by atoms with Crippen molar-refractivity contribution in [3.8, 4) is 11.1 Å². The van der Waals surface area contributed by atoms with Crippen molar-refractivity contribution < 1.29 is 10.2 Å². The molecule has 0 radical (unpaired) electrons. The van der Waals surface area contributed by atoms with E-state index in [0.717, 1.165) is 5.56 Å². The highest BCUT2D eigenvalue weighted by Crippen LogP contribution is 2.23. The predicted molar refractivity (Wildman–Crippen MR) is 86.2 cm³/mol. The van der Waals surface area contributed by atoms with E-state index in [1.807, 2.05) is 37.2 Å². The molecule has 0 aliphatic heterocycles. The summed E-state index contributed by atoms with van der Waals surface area (Å²) in [6.45, 7) is -0.145. The van der Waals surface area contributed by atoms with Crippen molar-refractivity contribution in [2.24, 2.45) is 0 Å². The fraction of sp³-hybridized carbons (Fsp3) is 0.333. The van der Waals surface area contributed by atoms with Gasteiger partial charge in [-0.1, -0.05) is 54.6 Å². The van der Waals surface area contributed by atoms with E-state index in [1.165, 1.54) is 11.1 Å². The maximum atomic E-state index is 9.64. The fourth-order valence-electron chi connectivity index (χ4n) is 2.43. The Hall–Kier alpha value is -1.68. The first-order valence-corrected chi connectivity index (χ1v) is 7.15. The lowest BCUT2D eigenvalue weighted by atomic mass is 9.90. The predicted octanol–water partition coefficient (Wildman–Crippen LogP) is 2.18. The van der Waals surface area contributed by atoms with Crippen LogP contribution < -0.4 is 0 Å². The Balaban J connectivity index is 2.19. The second-order valence-electron chi connectivity index (χ2n) is 5.67. The summed E-state index contributed by atoms with van der Waals surface area (Å²) in [6.07, 6.45) is 0.613. The van der Waals surface area contributed by atoms with Gasteiger partial charge in [-0.3, -0.25) is 4.90 Å². The monoisotopic (exact) mass is 285 g/mol. The third-order valence-electron chi connectivity index (χ3n) is 4.13. The van der Waals surface area contributed by atoms with Gasteiger partial charge in [0, 0.05) is 0 Å². The summed E-state index contributed by atoms with van der Waals surface area (Å²) in [6, 6.07) is 18.5. The second-order valence-corrected chi connectivity index (χ2v) is 5.67. The van der Waals surface area contributed by atoms with Gasteiger partial charge < -0.3 is 10.2 Å². The molecule has 0 saturated heterocycles. The van der Waals surface area contributed by atoms with Crippen LogP contribution in [0.15, 0.2) is 54.6 Å². The van der Waals surface area contributed by atoms with E-state index in [4.69, 9.17) is 0 Å². The van der Waals surface area contributed by atoms with Crippen molar-refractivity contribution in [3.63, 3.8) is 0 Å². The van der Waals surface area contributed by atoms with Crippen LogP contribution >= 0.6 is 0 Å². The normalized spacial score (nSPS) is 11.9. The maximum Gasteiger partial charge on any atom is 0.0708 e. The lowest BCUT2D eigenvalue weighted by Crippen LogP contribution is -2.52. The van der Waals surface area contributed by atoms with E-state index in [-0.39, 0.29) is 13.2 Å². The van der Waals surface area contributed by atoms with Gasteiger partial charge in [0.2, 0.25) is 0 Å². The summed E-state index contributed by atoms with van der Waals surface area (Å²) in [5.74, 6) is 0. The zero-order chi connectivity index (χ0) is 15.3. The van der Waals surface area contributed by atoms with Crippen LogP contribution in [0.5, 0.6) is 0 Å². The molecule has 0 atom stereocenters. The first-order chi connectivity index (χ1) is 10.1. The molecule has 2 N–H and O–H groups in total. The molecule has 0 spiro atoms. The molecule has 0 fully saturated rings. The molecule has 0 saturated carbocycles. The molecule has 112 valence electrons. The summed E-state index contributed by atoms with van der Waals surface area (Å²) in [5, 5.41) is 19.3. The third-order valence-corrected chi connectivity index (χ3v) is 4.13. The number of aliphatic hydroxyl groups excluding tert-OH is 2. The molecule has 0 unspecified atom stereocenters. The molecule has 3 nitrogen and oxygen atoms in total. The van der Waals surface area contributed by atoms with Crippen molar-refractivity contribution in [2.45, 2.75) is 12.0 Å². The van der Waals surface area contributed by atoms with Crippen LogP contribution in [-0.2, 0) is 6.42 Å². The molecular formula is C18H23NO2. The molecule has 2 rings (SSSR count). The lowest BCUT2D eigenvalue weighted by molar-refractivity contribution is 0.0169. The third kappa shape index (κ3) is 3.50. The van der Waals surface area contributed by atoms with Crippen molar-refractivity contribution in [1.29, 1.82) is 0 Å². The molecule has 21 heavy (non-hydrogen) atoms. The first-order valence-electron chi connectivity index (χ1n) is 7.15. The topological polar surface area (TPSA) is 43.7 Å². The van der Waals surface area contributed by atoms with E-state index >= 15 is 0 Å². The summed E-state index contributed by atoms with van der Waals surface area (Å²) in [7, 11) is 3.76. The van der Waals surface area contributed by atoms with Crippen LogP contribution in [0.2, 0.25) is 0 Å². The van der Waals surface area contributed by atoms with E-state index in [1.54, 1.807) is 0 Å². The molecule has 0 amide bonds. The minimum absolute atomic E-state index is 0.0725. The molecule has 0 aromatic heterocycles. The van der Waals surface area contributed by atoms with Crippen molar-refractivity contribution in [3.05, 3.63) is 60.2 Å². The van der Waals surface area contributed by atoms with Crippen LogP contribution in [-0.4, -0.2) is 48.0 Å². The van der Waals surface area contributed by atoms with Gasteiger partial charge in [-0.25, -0.2) is 0 Å². The van der Waals surface area contributed by atoms with Gasteiger partial charge in [-0.2, -0.15) is 0 Å². The Kier molecular flexibility index (Phi) is 5.12. The quantitative estimate of drug-likeness (QED) is 0.855. The minimum atomic E-state index is -0.617. The zero-order valence-corrected chi connectivity index (χ0v) is 12.7. The Morgan fingerprint density at radius 2 is 1.33 bits per heavy atom. The van der Waals surface area contributed by atoms with Gasteiger partial charge >= 0.3 is 0 Å². The second kappa shape index (κ2) is 6.85. The van der Waals surface area contributed by atoms with Crippen LogP contribution in [0.4, 0.5) is 0 Å². The Labute approximate surface area is 126 Å². The number of hydrogen-bond donors (Lipinski definition) is 2. The van der Waals surface area contributed by atoms with Crippen molar-refractivity contribution in [2.75, 3.05) is 27.3 Å². The average molecular weight is 285 g/mol. The summed E-state index contributed by atoms with van der Waals surface area (Å²) in [5.41, 5.74) is 2.84. The summed E-state index contributed by atoms with van der Waals surface area (Å²) < 4.78 is 0. The van der Waals surface area contributed by atoms with Crippen LogP contribution in [0.3, 0.4) is 0 Å². The van der Waals surface area contributed by atoms with Crippen LogP contribution in [0.1, 0.15) is 5.56 Å². The highest BCUT2D eigenvalue weighted by atomic mass is 16.3. The molecule has 0 aliphatic rings. The van der Waals surface area contributed by atoms with Gasteiger partial charge in [0.15, 0.2) is 0 Å². The standard InChI is InChI=1S/C18H23NO2/c1-19(2)18(13-20,14-21)12-15-8-10-17(11-9-15)16-6-4-3-5-7-16/h3-11,20-21H,12-14H2,1-2H3. The Morgan fingerprint density at radius 3 is 1.81 bits per heavy atom. The van der Waals surface area contributed by atoms with Gasteiger partial charge in [-0.15, -0.1) is 0 Å². The van der Waals surface area contributed by atoms with Crippen LogP contribution in [0, 0.1) is 0 Å². The Morgan fingerprint density at radius 1 is 0.810 bits per heavy atom. The number of rotatable bonds is 6. The molecule has 3 heteroatoms. The first kappa shape index (κ1) is 15.7. The molecule has 0 bridgehead atoms. The van der Waals surface area contributed by atoms with Crippen molar-refractivity contribution >= 4 is 0 Å².